The van der Waals surface area contributed by atoms with Gasteiger partial charge in [0, 0.05) is 12.6 Å². The first kappa shape index (κ1) is 13.0. The maximum atomic E-state index is 12.2. The molecule has 0 bridgehead atoms. The molecule has 0 spiro atoms. The molecule has 0 saturated carbocycles. The van der Waals surface area contributed by atoms with Crippen molar-refractivity contribution in [2.75, 3.05) is 7.05 Å². The molecule has 19 heavy (non-hydrogen) atoms. The first-order valence-electron chi connectivity index (χ1n) is 6.18. The molecule has 0 fully saturated rings. The van der Waals surface area contributed by atoms with Crippen LogP contribution in [0.2, 0.25) is 0 Å². The normalized spacial score (nSPS) is 11.1. The van der Waals surface area contributed by atoms with Crippen molar-refractivity contribution < 1.29 is 4.79 Å². The lowest BCUT2D eigenvalue weighted by Crippen LogP contribution is -2.13. The van der Waals surface area contributed by atoms with Crippen LogP contribution in [0, 0.1) is 0 Å². The van der Waals surface area contributed by atoms with E-state index in [0.717, 1.165) is 11.3 Å². The van der Waals surface area contributed by atoms with Gasteiger partial charge in [-0.15, -0.1) is 0 Å². The summed E-state index contributed by atoms with van der Waals surface area (Å²) in [5.74, 6) is 0.0680. The number of hydrazone groups is 1. The van der Waals surface area contributed by atoms with Crippen molar-refractivity contribution in [2.45, 2.75) is 6.42 Å². The standard InChI is InChI=1S/C16H16N2O/c1-17-18-15(13-8-4-2-5-9-13)12-16(19)14-10-6-3-7-11-14/h2-11,17H,12H2,1H3/b18-15+. The lowest BCUT2D eigenvalue weighted by Gasteiger charge is -2.06. The number of benzene rings is 2. The Morgan fingerprint density at radius 1 is 0.947 bits per heavy atom. The van der Waals surface area contributed by atoms with Crippen LogP contribution >= 0.6 is 0 Å². The van der Waals surface area contributed by atoms with Gasteiger partial charge in [0.25, 0.3) is 0 Å². The molecule has 0 amide bonds. The van der Waals surface area contributed by atoms with Crippen molar-refractivity contribution >= 4 is 11.5 Å². The van der Waals surface area contributed by atoms with Gasteiger partial charge in [-0.25, -0.2) is 0 Å². The second kappa shape index (κ2) is 6.50. The number of hydrogen-bond acceptors (Lipinski definition) is 3. The van der Waals surface area contributed by atoms with E-state index in [0.29, 0.717) is 5.56 Å². The summed E-state index contributed by atoms with van der Waals surface area (Å²) in [5.41, 5.74) is 5.18. The zero-order valence-corrected chi connectivity index (χ0v) is 10.8. The fourth-order valence-electron chi connectivity index (χ4n) is 1.85. The Bertz CT molecular complexity index is 562. The molecule has 0 heterocycles. The van der Waals surface area contributed by atoms with E-state index in [1.807, 2.05) is 60.7 Å². The summed E-state index contributed by atoms with van der Waals surface area (Å²) in [6.07, 6.45) is 0.287. The van der Waals surface area contributed by atoms with Gasteiger partial charge in [0.05, 0.1) is 12.1 Å². The van der Waals surface area contributed by atoms with Gasteiger partial charge in [-0.3, -0.25) is 4.79 Å². The number of ketones is 1. The van der Waals surface area contributed by atoms with Crippen molar-refractivity contribution in [1.29, 1.82) is 0 Å². The SMILES string of the molecule is CN/N=C(\CC(=O)c1ccccc1)c1ccccc1. The van der Waals surface area contributed by atoms with Gasteiger partial charge in [-0.2, -0.15) is 5.10 Å². The number of nitrogens with zero attached hydrogens (tertiary/aromatic N) is 1. The lowest BCUT2D eigenvalue weighted by atomic mass is 10.0. The van der Waals surface area contributed by atoms with Crippen LogP contribution in [0.3, 0.4) is 0 Å². The Hall–Kier alpha value is -2.42. The van der Waals surface area contributed by atoms with E-state index in [4.69, 9.17) is 0 Å². The van der Waals surface area contributed by atoms with E-state index in [1.54, 1.807) is 7.05 Å². The van der Waals surface area contributed by atoms with E-state index < -0.39 is 0 Å². The highest BCUT2D eigenvalue weighted by atomic mass is 16.1. The maximum Gasteiger partial charge on any atom is 0.168 e. The number of hydrogen-bond donors (Lipinski definition) is 1. The molecule has 3 nitrogen and oxygen atoms in total. The summed E-state index contributed by atoms with van der Waals surface area (Å²) in [7, 11) is 1.73. The Morgan fingerprint density at radius 3 is 2.00 bits per heavy atom. The average molecular weight is 252 g/mol. The number of carbonyl (C=O) groups is 1. The van der Waals surface area contributed by atoms with Crippen LogP contribution in [0.5, 0.6) is 0 Å². The minimum atomic E-state index is 0.0680. The van der Waals surface area contributed by atoms with Crippen molar-refractivity contribution in [1.82, 2.24) is 5.43 Å². The Kier molecular flexibility index (Phi) is 4.45. The Balaban J connectivity index is 2.19. The molecule has 2 aromatic rings. The van der Waals surface area contributed by atoms with Crippen LogP contribution in [0.1, 0.15) is 22.3 Å². The van der Waals surface area contributed by atoms with Crippen molar-refractivity contribution in [3.63, 3.8) is 0 Å². The molecule has 2 aromatic carbocycles. The summed E-state index contributed by atoms with van der Waals surface area (Å²) in [5, 5.41) is 4.21. The molecule has 0 atom stereocenters. The molecular formula is C16H16N2O. The Labute approximate surface area is 113 Å². The molecule has 2 rings (SSSR count). The summed E-state index contributed by atoms with van der Waals surface area (Å²) >= 11 is 0. The van der Waals surface area contributed by atoms with Crippen molar-refractivity contribution in [2.24, 2.45) is 5.10 Å². The quantitative estimate of drug-likeness (QED) is 0.505. The third kappa shape index (κ3) is 3.52. The molecule has 0 radical (unpaired) electrons. The van der Waals surface area contributed by atoms with Crippen molar-refractivity contribution in [3.8, 4) is 0 Å². The van der Waals surface area contributed by atoms with Gasteiger partial charge in [0.1, 0.15) is 0 Å². The van der Waals surface area contributed by atoms with Gasteiger partial charge in [0.2, 0.25) is 0 Å². The van der Waals surface area contributed by atoms with Gasteiger partial charge >= 0.3 is 0 Å². The third-order valence-corrected chi connectivity index (χ3v) is 2.78. The Morgan fingerprint density at radius 2 is 1.47 bits per heavy atom. The van der Waals surface area contributed by atoms with Gasteiger partial charge in [-0.1, -0.05) is 60.7 Å². The largest absolute Gasteiger partial charge is 0.313 e. The zero-order chi connectivity index (χ0) is 13.5. The van der Waals surface area contributed by atoms with E-state index in [1.165, 1.54) is 0 Å². The molecule has 0 saturated heterocycles. The highest BCUT2D eigenvalue weighted by Gasteiger charge is 2.11. The van der Waals surface area contributed by atoms with E-state index in [-0.39, 0.29) is 12.2 Å². The molecule has 0 unspecified atom stereocenters. The number of nitrogens with one attached hydrogen (secondary N) is 1. The molecule has 0 aromatic heterocycles. The minimum Gasteiger partial charge on any atom is -0.313 e. The smallest absolute Gasteiger partial charge is 0.168 e. The molecule has 0 aliphatic carbocycles. The van der Waals surface area contributed by atoms with E-state index in [2.05, 4.69) is 10.5 Å². The minimum absolute atomic E-state index is 0.0680. The summed E-state index contributed by atoms with van der Waals surface area (Å²) < 4.78 is 0. The van der Waals surface area contributed by atoms with Crippen LogP contribution in [-0.2, 0) is 0 Å². The third-order valence-electron chi connectivity index (χ3n) is 2.78. The first-order chi connectivity index (χ1) is 9.31. The molecular weight excluding hydrogens is 236 g/mol. The summed E-state index contributed by atoms with van der Waals surface area (Å²) in [4.78, 5) is 12.2. The first-order valence-corrected chi connectivity index (χ1v) is 6.18. The number of rotatable bonds is 5. The predicted octanol–water partition coefficient (Wildman–Crippen LogP) is 2.88. The molecule has 3 heteroatoms. The van der Waals surface area contributed by atoms with E-state index >= 15 is 0 Å². The fraction of sp³-hybridized carbons (Fsp3) is 0.125. The molecule has 0 aliphatic rings. The zero-order valence-electron chi connectivity index (χ0n) is 10.8. The molecule has 96 valence electrons. The number of carbonyl (C=O) groups excluding carboxylic acids is 1. The molecule has 1 N–H and O–H groups in total. The van der Waals surface area contributed by atoms with Gasteiger partial charge < -0.3 is 5.43 Å². The van der Waals surface area contributed by atoms with Gasteiger partial charge in [0.15, 0.2) is 5.78 Å². The highest BCUT2D eigenvalue weighted by Crippen LogP contribution is 2.09. The fourth-order valence-corrected chi connectivity index (χ4v) is 1.85. The van der Waals surface area contributed by atoms with Crippen LogP contribution in [0.4, 0.5) is 0 Å². The predicted molar refractivity (Wildman–Crippen MR) is 77.4 cm³/mol. The highest BCUT2D eigenvalue weighted by molar-refractivity contribution is 6.15. The van der Waals surface area contributed by atoms with Crippen LogP contribution in [0.15, 0.2) is 65.8 Å². The van der Waals surface area contributed by atoms with Gasteiger partial charge in [-0.05, 0) is 5.56 Å². The summed E-state index contributed by atoms with van der Waals surface area (Å²) in [6.45, 7) is 0. The summed E-state index contributed by atoms with van der Waals surface area (Å²) in [6, 6.07) is 19.0. The monoisotopic (exact) mass is 252 g/mol. The van der Waals surface area contributed by atoms with Crippen LogP contribution in [-0.4, -0.2) is 18.5 Å². The van der Waals surface area contributed by atoms with Crippen LogP contribution in [0.25, 0.3) is 0 Å². The second-order valence-corrected chi connectivity index (χ2v) is 4.11. The van der Waals surface area contributed by atoms with Crippen molar-refractivity contribution in [3.05, 3.63) is 71.8 Å². The molecule has 0 aliphatic heterocycles. The number of Topliss-reactive ketones (excluding diaryl/α,β-unsaturated/α-hetero) is 1. The van der Waals surface area contributed by atoms with Crippen LogP contribution < -0.4 is 5.43 Å². The van der Waals surface area contributed by atoms with E-state index in [9.17, 15) is 4.79 Å². The lowest BCUT2D eigenvalue weighted by molar-refractivity contribution is 0.100. The second-order valence-electron chi connectivity index (χ2n) is 4.11. The maximum absolute atomic E-state index is 12.2. The average Bonchev–Trinajstić information content (AvgIpc) is 2.48. The topological polar surface area (TPSA) is 41.5 Å².